The lowest BCUT2D eigenvalue weighted by atomic mass is 10.2. The van der Waals surface area contributed by atoms with Crippen molar-refractivity contribution < 1.29 is 24.4 Å². The Morgan fingerprint density at radius 1 is 1.38 bits per heavy atom. The van der Waals surface area contributed by atoms with Gasteiger partial charge in [-0.2, -0.15) is 0 Å². The number of hydrogen-bond donors (Lipinski definition) is 4. The van der Waals surface area contributed by atoms with Gasteiger partial charge in [-0.3, -0.25) is 29.3 Å². The van der Waals surface area contributed by atoms with E-state index in [1.54, 1.807) is 0 Å². The fraction of sp³-hybridized carbons (Fsp3) is 0.636. The van der Waals surface area contributed by atoms with Crippen LogP contribution in [0.15, 0.2) is 0 Å². The monoisotopic (exact) mass is 320 g/mol. The van der Waals surface area contributed by atoms with Gasteiger partial charge in [0.2, 0.25) is 11.8 Å². The van der Waals surface area contributed by atoms with E-state index < -0.39 is 30.3 Å². The van der Waals surface area contributed by atoms with Crippen LogP contribution in [0.2, 0.25) is 0 Å². The highest BCUT2D eigenvalue weighted by Crippen LogP contribution is 2.14. The molecule has 2 aliphatic rings. The number of nitrogens with one attached hydrogen (secondary N) is 3. The smallest absolute Gasteiger partial charge is 0.263 e. The zero-order valence-corrected chi connectivity index (χ0v) is 11.9. The predicted molar refractivity (Wildman–Crippen MR) is 71.5 cm³/mol. The fourth-order valence-corrected chi connectivity index (χ4v) is 2.32. The summed E-state index contributed by atoms with van der Waals surface area (Å²) in [6, 6.07) is -1.28. The van der Waals surface area contributed by atoms with E-state index in [2.05, 4.69) is 10.6 Å². The Morgan fingerprint density at radius 2 is 2.10 bits per heavy atom. The summed E-state index contributed by atoms with van der Waals surface area (Å²) < 4.78 is 0. The summed E-state index contributed by atoms with van der Waals surface area (Å²) in [5.41, 5.74) is 1.35. The largest absolute Gasteiger partial charge is 0.342 e. The molecule has 0 aliphatic carbocycles. The Balaban J connectivity index is 0.00000220. The van der Waals surface area contributed by atoms with E-state index in [4.69, 9.17) is 5.21 Å². The summed E-state index contributed by atoms with van der Waals surface area (Å²) in [4.78, 5) is 47.1. The van der Waals surface area contributed by atoms with Crippen molar-refractivity contribution in [2.24, 2.45) is 0 Å². The zero-order valence-electron chi connectivity index (χ0n) is 11.1. The Bertz CT molecular complexity index is 452. The second kappa shape index (κ2) is 7.34. The second-order valence-corrected chi connectivity index (χ2v) is 4.77. The number of hydrogen-bond acceptors (Lipinski definition) is 6. The molecule has 0 radical (unpaired) electrons. The molecule has 4 N–H and O–H groups in total. The maximum atomic E-state index is 11.9. The first-order valence-electron chi connectivity index (χ1n) is 6.34. The van der Waals surface area contributed by atoms with E-state index in [9.17, 15) is 19.2 Å². The zero-order chi connectivity index (χ0) is 14.7. The van der Waals surface area contributed by atoms with Gasteiger partial charge >= 0.3 is 0 Å². The molecule has 4 amide bonds. The minimum absolute atomic E-state index is 0. The van der Waals surface area contributed by atoms with Crippen molar-refractivity contribution in [3.05, 3.63) is 0 Å². The van der Waals surface area contributed by atoms with Gasteiger partial charge < -0.3 is 10.6 Å². The van der Waals surface area contributed by atoms with Gasteiger partial charge in [0.15, 0.2) is 0 Å². The van der Waals surface area contributed by atoms with Crippen molar-refractivity contribution in [1.82, 2.24) is 21.0 Å². The van der Waals surface area contributed by atoms with Crippen molar-refractivity contribution >= 4 is 36.0 Å². The third-order valence-electron chi connectivity index (χ3n) is 3.36. The molecular formula is C11H17ClN4O5. The van der Waals surface area contributed by atoms with Crippen LogP contribution in [0.25, 0.3) is 0 Å². The molecule has 0 saturated carbocycles. The number of carbonyl (C=O) groups excluding carboxylic acids is 4. The molecule has 2 aliphatic heterocycles. The van der Waals surface area contributed by atoms with Crippen LogP contribution in [0.3, 0.4) is 0 Å². The molecule has 2 atom stereocenters. The van der Waals surface area contributed by atoms with Crippen molar-refractivity contribution in [2.45, 2.75) is 31.3 Å². The Morgan fingerprint density at radius 3 is 2.67 bits per heavy atom. The number of rotatable bonds is 4. The molecule has 2 rings (SSSR count). The van der Waals surface area contributed by atoms with E-state index in [-0.39, 0.29) is 30.8 Å². The second-order valence-electron chi connectivity index (χ2n) is 4.77. The molecule has 0 spiro atoms. The van der Waals surface area contributed by atoms with Crippen LogP contribution in [-0.4, -0.2) is 58.9 Å². The summed E-state index contributed by atoms with van der Waals surface area (Å²) in [5, 5.41) is 13.9. The molecule has 0 aromatic rings. The van der Waals surface area contributed by atoms with Crippen LogP contribution in [0, 0.1) is 0 Å². The lowest BCUT2D eigenvalue weighted by Gasteiger charge is -2.16. The van der Waals surface area contributed by atoms with Gasteiger partial charge in [0.05, 0.1) is 12.5 Å². The van der Waals surface area contributed by atoms with Gasteiger partial charge in [-0.05, 0) is 19.4 Å². The summed E-state index contributed by atoms with van der Waals surface area (Å²) in [6.45, 7) is 0.195. The van der Waals surface area contributed by atoms with E-state index in [0.717, 1.165) is 17.9 Å². The maximum Gasteiger partial charge on any atom is 0.263 e. The van der Waals surface area contributed by atoms with Gasteiger partial charge in [0, 0.05) is 0 Å². The average Bonchev–Trinajstić information content (AvgIpc) is 3.03. The molecule has 10 heteroatoms. The molecule has 21 heavy (non-hydrogen) atoms. The quantitative estimate of drug-likeness (QED) is 0.267. The number of imide groups is 1. The lowest BCUT2D eigenvalue weighted by molar-refractivity contribution is -0.145. The first-order chi connectivity index (χ1) is 9.52. The molecule has 118 valence electrons. The van der Waals surface area contributed by atoms with Crippen LogP contribution in [-0.2, 0) is 19.2 Å². The highest BCUT2D eigenvalue weighted by atomic mass is 35.5. The minimum Gasteiger partial charge on any atom is -0.342 e. The summed E-state index contributed by atoms with van der Waals surface area (Å²) in [5.74, 6) is -2.37. The summed E-state index contributed by atoms with van der Waals surface area (Å²) >= 11 is 0. The molecule has 0 aromatic heterocycles. The highest BCUT2D eigenvalue weighted by Gasteiger charge is 2.41. The van der Waals surface area contributed by atoms with Gasteiger partial charge in [0.1, 0.15) is 12.6 Å². The lowest BCUT2D eigenvalue weighted by Crippen LogP contribution is -2.49. The van der Waals surface area contributed by atoms with Crippen LogP contribution in [0.5, 0.6) is 0 Å². The first-order valence-corrected chi connectivity index (χ1v) is 6.34. The first kappa shape index (κ1) is 17.3. The topological polar surface area (TPSA) is 128 Å². The summed E-state index contributed by atoms with van der Waals surface area (Å²) in [7, 11) is 0. The highest BCUT2D eigenvalue weighted by molar-refractivity contribution is 6.08. The number of likely N-dealkylation sites (tertiary alicyclic amines) is 1. The molecule has 0 bridgehead atoms. The van der Waals surface area contributed by atoms with Crippen LogP contribution >= 0.6 is 12.4 Å². The van der Waals surface area contributed by atoms with Crippen molar-refractivity contribution in [2.75, 3.05) is 13.1 Å². The average molecular weight is 321 g/mol. The van der Waals surface area contributed by atoms with Crippen LogP contribution in [0.1, 0.15) is 19.3 Å². The van der Waals surface area contributed by atoms with Gasteiger partial charge in [-0.25, -0.2) is 5.48 Å². The third kappa shape index (κ3) is 3.90. The Kier molecular flexibility index (Phi) is 6.06. The van der Waals surface area contributed by atoms with E-state index in [0.29, 0.717) is 6.42 Å². The maximum absolute atomic E-state index is 11.9. The fourth-order valence-electron chi connectivity index (χ4n) is 2.32. The number of amides is 4. The van der Waals surface area contributed by atoms with E-state index >= 15 is 0 Å². The third-order valence-corrected chi connectivity index (χ3v) is 3.36. The van der Waals surface area contributed by atoms with Crippen molar-refractivity contribution in [3.63, 3.8) is 0 Å². The molecular weight excluding hydrogens is 304 g/mol. The van der Waals surface area contributed by atoms with Crippen LogP contribution < -0.4 is 16.1 Å². The SMILES string of the molecule is Cl.O=C(CN1C(=O)C[C@H](NC(=O)[C@@H]2CCCN2)C1=O)NO. The predicted octanol–water partition coefficient (Wildman–Crippen LogP) is -2.09. The Labute approximate surface area is 126 Å². The molecule has 0 aromatic carbocycles. The van der Waals surface area contributed by atoms with E-state index in [1.165, 1.54) is 5.48 Å². The van der Waals surface area contributed by atoms with Crippen molar-refractivity contribution in [3.8, 4) is 0 Å². The summed E-state index contributed by atoms with van der Waals surface area (Å²) in [6.07, 6.45) is 1.41. The molecule has 2 saturated heterocycles. The molecule has 0 unspecified atom stereocenters. The molecule has 2 heterocycles. The van der Waals surface area contributed by atoms with Crippen molar-refractivity contribution in [1.29, 1.82) is 0 Å². The van der Waals surface area contributed by atoms with E-state index in [1.807, 2.05) is 0 Å². The van der Waals surface area contributed by atoms with Crippen LogP contribution in [0.4, 0.5) is 0 Å². The Hall–Kier alpha value is -1.71. The van der Waals surface area contributed by atoms with Gasteiger partial charge in [-0.15, -0.1) is 12.4 Å². The standard InChI is InChI=1S/C11H16N4O5.ClH/c16-8(14-20)5-15-9(17)4-7(11(15)19)13-10(18)6-2-1-3-12-6;/h6-7,12,20H,1-5H2,(H,13,18)(H,14,16);1H/t6-,7-;/m0./s1. The normalized spacial score (nSPS) is 24.7. The van der Waals surface area contributed by atoms with Gasteiger partial charge in [-0.1, -0.05) is 0 Å². The minimum atomic E-state index is -0.941. The number of carbonyl (C=O) groups is 4. The molecule has 9 nitrogen and oxygen atoms in total. The number of hydroxylamine groups is 1. The number of nitrogens with zero attached hydrogens (tertiary/aromatic N) is 1. The molecule has 2 fully saturated rings. The van der Waals surface area contributed by atoms with Gasteiger partial charge in [0.25, 0.3) is 11.8 Å². The number of halogens is 1.